The van der Waals surface area contributed by atoms with E-state index >= 15 is 0 Å². The summed E-state index contributed by atoms with van der Waals surface area (Å²) < 4.78 is 0. The molecule has 0 heterocycles. The molecule has 0 saturated heterocycles. The van der Waals surface area contributed by atoms with E-state index in [4.69, 9.17) is 5.26 Å². The first-order valence-corrected chi connectivity index (χ1v) is 5.81. The molecule has 0 aromatic rings. The van der Waals surface area contributed by atoms with Crippen LogP contribution in [0, 0.1) is 22.7 Å². The van der Waals surface area contributed by atoms with Crippen LogP contribution in [0.1, 0.15) is 46.5 Å². The molecule has 0 spiro atoms. The van der Waals surface area contributed by atoms with Gasteiger partial charge in [0.25, 0.3) is 0 Å². The maximum atomic E-state index is 12.0. The highest BCUT2D eigenvalue weighted by molar-refractivity contribution is 5.85. The Kier molecular flexibility index (Phi) is 3.73. The molecular weight excluding hydrogens is 188 g/mol. The number of hydrogen-bond acceptors (Lipinski definition) is 2. The van der Waals surface area contributed by atoms with Crippen molar-refractivity contribution < 1.29 is 4.79 Å². The Labute approximate surface area is 91.9 Å². The van der Waals surface area contributed by atoms with E-state index in [1.54, 1.807) is 0 Å². The molecule has 15 heavy (non-hydrogen) atoms. The van der Waals surface area contributed by atoms with Crippen molar-refractivity contribution in [2.75, 3.05) is 0 Å². The average molecular weight is 208 g/mol. The lowest BCUT2D eigenvalue weighted by atomic mass is 9.83. The van der Waals surface area contributed by atoms with Gasteiger partial charge in [0.1, 0.15) is 5.41 Å². The third-order valence-corrected chi connectivity index (χ3v) is 3.54. The third kappa shape index (κ3) is 2.50. The molecule has 1 saturated carbocycles. The second-order valence-corrected chi connectivity index (χ2v) is 4.50. The molecule has 0 aromatic carbocycles. The van der Waals surface area contributed by atoms with Crippen LogP contribution in [0.2, 0.25) is 0 Å². The number of nitrogens with zero attached hydrogens (tertiary/aromatic N) is 1. The Hall–Kier alpha value is -1.04. The summed E-state index contributed by atoms with van der Waals surface area (Å²) in [6.45, 7) is 5.82. The van der Waals surface area contributed by atoms with Crippen molar-refractivity contribution in [2.24, 2.45) is 11.3 Å². The fraction of sp³-hybridized carbons (Fsp3) is 0.833. The van der Waals surface area contributed by atoms with Crippen LogP contribution in [0.15, 0.2) is 0 Å². The van der Waals surface area contributed by atoms with Crippen molar-refractivity contribution in [3.05, 3.63) is 0 Å². The van der Waals surface area contributed by atoms with Gasteiger partial charge in [-0.1, -0.05) is 13.8 Å². The van der Waals surface area contributed by atoms with Crippen LogP contribution in [0.25, 0.3) is 0 Å². The zero-order chi connectivity index (χ0) is 11.5. The van der Waals surface area contributed by atoms with E-state index in [2.05, 4.69) is 11.4 Å². The van der Waals surface area contributed by atoms with E-state index in [9.17, 15) is 4.79 Å². The van der Waals surface area contributed by atoms with Gasteiger partial charge in [-0.2, -0.15) is 5.26 Å². The summed E-state index contributed by atoms with van der Waals surface area (Å²) in [6, 6.07) is 2.39. The first-order chi connectivity index (χ1) is 7.09. The van der Waals surface area contributed by atoms with E-state index in [-0.39, 0.29) is 11.9 Å². The molecular formula is C12H20N2O. The van der Waals surface area contributed by atoms with Crippen LogP contribution in [-0.2, 0) is 4.79 Å². The lowest BCUT2D eigenvalue weighted by Gasteiger charge is -2.24. The number of hydrogen-bond donors (Lipinski definition) is 1. The molecule has 1 atom stereocenters. The van der Waals surface area contributed by atoms with Crippen molar-refractivity contribution in [1.82, 2.24) is 5.32 Å². The quantitative estimate of drug-likeness (QED) is 0.753. The Balaban J connectivity index is 2.60. The minimum absolute atomic E-state index is 0.0885. The predicted molar refractivity (Wildman–Crippen MR) is 59.0 cm³/mol. The molecule has 1 fully saturated rings. The van der Waals surface area contributed by atoms with Crippen LogP contribution in [0.5, 0.6) is 0 Å². The van der Waals surface area contributed by atoms with Gasteiger partial charge in [0.05, 0.1) is 6.07 Å². The summed E-state index contributed by atoms with van der Waals surface area (Å²) in [4.78, 5) is 12.0. The van der Waals surface area contributed by atoms with Gasteiger partial charge in [0.2, 0.25) is 5.91 Å². The number of carbonyl (C=O) groups is 1. The first kappa shape index (κ1) is 12.0. The number of rotatable bonds is 5. The van der Waals surface area contributed by atoms with Gasteiger partial charge in [-0.15, -0.1) is 0 Å². The number of amides is 1. The zero-order valence-electron chi connectivity index (χ0n) is 9.84. The Bertz CT molecular complexity index is 272. The van der Waals surface area contributed by atoms with Gasteiger partial charge in [-0.3, -0.25) is 4.79 Å². The van der Waals surface area contributed by atoms with Crippen molar-refractivity contribution in [2.45, 2.75) is 52.5 Å². The predicted octanol–water partition coefficient (Wildman–Crippen LogP) is 2.23. The molecule has 0 aromatic heterocycles. The lowest BCUT2D eigenvalue weighted by molar-refractivity contribution is -0.129. The SMILES string of the molecule is CCC(C#N)(CC)C(=O)NC(C)C1CC1. The van der Waals surface area contributed by atoms with Crippen molar-refractivity contribution in [1.29, 1.82) is 5.26 Å². The van der Waals surface area contributed by atoms with Crippen LogP contribution < -0.4 is 5.32 Å². The highest BCUT2D eigenvalue weighted by atomic mass is 16.2. The summed E-state index contributed by atoms with van der Waals surface area (Å²) in [6.07, 6.45) is 3.59. The Morgan fingerprint density at radius 2 is 2.07 bits per heavy atom. The molecule has 1 aliphatic rings. The van der Waals surface area contributed by atoms with Crippen LogP contribution >= 0.6 is 0 Å². The fourth-order valence-electron chi connectivity index (χ4n) is 1.84. The van der Waals surface area contributed by atoms with Gasteiger partial charge < -0.3 is 5.32 Å². The summed E-state index contributed by atoms with van der Waals surface area (Å²) in [5.74, 6) is 0.549. The van der Waals surface area contributed by atoms with Crippen LogP contribution in [0.4, 0.5) is 0 Å². The molecule has 84 valence electrons. The summed E-state index contributed by atoms with van der Waals surface area (Å²) in [7, 11) is 0. The number of nitrogens with one attached hydrogen (secondary N) is 1. The summed E-state index contributed by atoms with van der Waals surface area (Å²) in [5.41, 5.74) is -0.816. The molecule has 3 heteroatoms. The van der Waals surface area contributed by atoms with Crippen molar-refractivity contribution in [3.63, 3.8) is 0 Å². The fourth-order valence-corrected chi connectivity index (χ4v) is 1.84. The van der Waals surface area contributed by atoms with E-state index in [1.165, 1.54) is 12.8 Å². The van der Waals surface area contributed by atoms with Crippen LogP contribution in [-0.4, -0.2) is 11.9 Å². The minimum Gasteiger partial charge on any atom is -0.352 e. The molecule has 3 nitrogen and oxygen atoms in total. The summed E-state index contributed by atoms with van der Waals surface area (Å²) >= 11 is 0. The van der Waals surface area contributed by atoms with Gasteiger partial charge in [-0.25, -0.2) is 0 Å². The smallest absolute Gasteiger partial charge is 0.240 e. The topological polar surface area (TPSA) is 52.9 Å². The van der Waals surface area contributed by atoms with Gasteiger partial charge in [0, 0.05) is 6.04 Å². The van der Waals surface area contributed by atoms with Crippen molar-refractivity contribution in [3.8, 4) is 6.07 Å². The summed E-state index contributed by atoms with van der Waals surface area (Å²) in [5, 5.41) is 12.1. The van der Waals surface area contributed by atoms with E-state index in [0.29, 0.717) is 18.8 Å². The second kappa shape index (κ2) is 4.65. The average Bonchev–Trinajstić information content (AvgIpc) is 3.04. The Morgan fingerprint density at radius 3 is 2.40 bits per heavy atom. The largest absolute Gasteiger partial charge is 0.352 e. The molecule has 0 radical (unpaired) electrons. The molecule has 1 amide bonds. The van der Waals surface area contributed by atoms with E-state index in [0.717, 1.165) is 0 Å². The van der Waals surface area contributed by atoms with Gasteiger partial charge >= 0.3 is 0 Å². The molecule has 1 unspecified atom stereocenters. The van der Waals surface area contributed by atoms with Crippen LogP contribution in [0.3, 0.4) is 0 Å². The zero-order valence-corrected chi connectivity index (χ0v) is 9.84. The lowest BCUT2D eigenvalue weighted by Crippen LogP contribution is -2.44. The maximum Gasteiger partial charge on any atom is 0.240 e. The van der Waals surface area contributed by atoms with Crippen molar-refractivity contribution >= 4 is 5.91 Å². The first-order valence-electron chi connectivity index (χ1n) is 5.81. The third-order valence-electron chi connectivity index (χ3n) is 3.54. The highest BCUT2D eigenvalue weighted by Gasteiger charge is 2.38. The number of carbonyl (C=O) groups excluding carboxylic acids is 1. The normalized spacial score (nSPS) is 18.0. The minimum atomic E-state index is -0.816. The monoisotopic (exact) mass is 208 g/mol. The van der Waals surface area contributed by atoms with Gasteiger partial charge in [-0.05, 0) is 38.5 Å². The number of nitriles is 1. The Morgan fingerprint density at radius 1 is 1.53 bits per heavy atom. The standard InChI is InChI=1S/C12H20N2O/c1-4-12(5-2,8-13)11(15)14-9(3)10-6-7-10/h9-10H,4-7H2,1-3H3,(H,14,15). The van der Waals surface area contributed by atoms with E-state index < -0.39 is 5.41 Å². The maximum absolute atomic E-state index is 12.0. The molecule has 1 N–H and O–H groups in total. The second-order valence-electron chi connectivity index (χ2n) is 4.50. The molecule has 0 aliphatic heterocycles. The highest BCUT2D eigenvalue weighted by Crippen LogP contribution is 2.33. The van der Waals surface area contributed by atoms with E-state index in [1.807, 2.05) is 20.8 Å². The molecule has 1 rings (SSSR count). The molecule has 0 bridgehead atoms. The van der Waals surface area contributed by atoms with Gasteiger partial charge in [0.15, 0.2) is 0 Å². The molecule has 1 aliphatic carbocycles.